The third kappa shape index (κ3) is 2.06. The van der Waals surface area contributed by atoms with Crippen molar-refractivity contribution < 1.29 is 9.13 Å². The molecule has 82 valence electrons. The topological polar surface area (TPSA) is 61.3 Å². The predicted octanol–water partition coefficient (Wildman–Crippen LogP) is 2.78. The number of ether oxygens (including phenoxy) is 1. The number of benzene rings is 2. The number of hydrogen-bond donors (Lipinski definition) is 2. The summed E-state index contributed by atoms with van der Waals surface area (Å²) < 4.78 is 18.6. The van der Waals surface area contributed by atoms with Crippen LogP contribution in [0.5, 0.6) is 11.5 Å². The Kier molecular flexibility index (Phi) is 2.64. The van der Waals surface area contributed by atoms with E-state index in [2.05, 4.69) is 0 Å². The molecular weight excluding hydrogens is 207 g/mol. The summed E-state index contributed by atoms with van der Waals surface area (Å²) in [7, 11) is 0. The van der Waals surface area contributed by atoms with Gasteiger partial charge in [-0.05, 0) is 24.3 Å². The second-order valence-corrected chi connectivity index (χ2v) is 3.32. The molecule has 0 amide bonds. The van der Waals surface area contributed by atoms with Crippen LogP contribution in [-0.4, -0.2) is 0 Å². The molecule has 2 aromatic rings. The standard InChI is InChI=1S/C12H11FN2O/c13-9-3-1-2-4-12(9)16-8-5-6-10(14)11(15)7-8/h1-7H,14-15H2. The first kappa shape index (κ1) is 10.3. The Morgan fingerprint density at radius 2 is 1.69 bits per heavy atom. The molecule has 0 saturated carbocycles. The van der Waals surface area contributed by atoms with Gasteiger partial charge < -0.3 is 16.2 Å². The van der Waals surface area contributed by atoms with Crippen molar-refractivity contribution in [3.05, 3.63) is 48.3 Å². The molecule has 0 heterocycles. The molecule has 0 aliphatic carbocycles. The highest BCUT2D eigenvalue weighted by Gasteiger charge is 2.04. The van der Waals surface area contributed by atoms with E-state index in [1.807, 2.05) is 0 Å². The Morgan fingerprint density at radius 3 is 2.38 bits per heavy atom. The van der Waals surface area contributed by atoms with Crippen molar-refractivity contribution in [1.82, 2.24) is 0 Å². The number of anilines is 2. The first-order valence-electron chi connectivity index (χ1n) is 4.74. The second kappa shape index (κ2) is 4.10. The van der Waals surface area contributed by atoms with Crippen molar-refractivity contribution >= 4 is 11.4 Å². The summed E-state index contributed by atoms with van der Waals surface area (Å²) in [5, 5.41) is 0. The Hall–Kier alpha value is -2.23. The van der Waals surface area contributed by atoms with Crippen LogP contribution in [0.2, 0.25) is 0 Å². The highest BCUT2D eigenvalue weighted by molar-refractivity contribution is 5.65. The van der Waals surface area contributed by atoms with Gasteiger partial charge in [0.15, 0.2) is 11.6 Å². The van der Waals surface area contributed by atoms with Gasteiger partial charge in [0.25, 0.3) is 0 Å². The normalized spacial score (nSPS) is 10.1. The molecule has 2 aromatic carbocycles. The van der Waals surface area contributed by atoms with E-state index in [0.717, 1.165) is 0 Å². The zero-order valence-corrected chi connectivity index (χ0v) is 8.48. The largest absolute Gasteiger partial charge is 0.454 e. The summed E-state index contributed by atoms with van der Waals surface area (Å²) in [6.07, 6.45) is 0. The lowest BCUT2D eigenvalue weighted by Gasteiger charge is -2.08. The van der Waals surface area contributed by atoms with Crippen LogP contribution in [0.3, 0.4) is 0 Å². The Morgan fingerprint density at radius 1 is 0.938 bits per heavy atom. The summed E-state index contributed by atoms with van der Waals surface area (Å²) in [6.45, 7) is 0. The third-order valence-corrected chi connectivity index (χ3v) is 2.12. The van der Waals surface area contributed by atoms with E-state index >= 15 is 0 Å². The summed E-state index contributed by atoms with van der Waals surface area (Å²) >= 11 is 0. The van der Waals surface area contributed by atoms with Crippen LogP contribution in [0, 0.1) is 5.82 Å². The summed E-state index contributed by atoms with van der Waals surface area (Å²) in [6, 6.07) is 11.0. The molecule has 0 saturated heterocycles. The number of nitrogen functional groups attached to an aromatic ring is 2. The lowest BCUT2D eigenvalue weighted by atomic mass is 10.2. The van der Waals surface area contributed by atoms with Crippen LogP contribution < -0.4 is 16.2 Å². The van der Waals surface area contributed by atoms with E-state index < -0.39 is 5.82 Å². The lowest BCUT2D eigenvalue weighted by molar-refractivity contribution is 0.442. The molecule has 0 radical (unpaired) electrons. The SMILES string of the molecule is Nc1ccc(Oc2ccccc2F)cc1N. The van der Waals surface area contributed by atoms with E-state index in [9.17, 15) is 4.39 Å². The Balaban J connectivity index is 2.28. The molecule has 0 aromatic heterocycles. The number of halogens is 1. The number of nitrogens with two attached hydrogens (primary N) is 2. The van der Waals surface area contributed by atoms with Gasteiger partial charge in [0.1, 0.15) is 5.75 Å². The van der Waals surface area contributed by atoms with E-state index in [4.69, 9.17) is 16.2 Å². The highest BCUT2D eigenvalue weighted by Crippen LogP contribution is 2.27. The first-order chi connectivity index (χ1) is 7.66. The second-order valence-electron chi connectivity index (χ2n) is 3.32. The van der Waals surface area contributed by atoms with Gasteiger partial charge in [0.05, 0.1) is 11.4 Å². The van der Waals surface area contributed by atoms with Crippen LogP contribution in [-0.2, 0) is 0 Å². The maximum Gasteiger partial charge on any atom is 0.165 e. The lowest BCUT2D eigenvalue weighted by Crippen LogP contribution is -1.95. The van der Waals surface area contributed by atoms with Crippen molar-refractivity contribution in [2.24, 2.45) is 0 Å². The van der Waals surface area contributed by atoms with Crippen LogP contribution >= 0.6 is 0 Å². The molecule has 0 fully saturated rings. The fourth-order valence-electron chi connectivity index (χ4n) is 1.27. The number of rotatable bonds is 2. The van der Waals surface area contributed by atoms with Crippen molar-refractivity contribution in [2.45, 2.75) is 0 Å². The quantitative estimate of drug-likeness (QED) is 0.762. The number of para-hydroxylation sites is 1. The minimum Gasteiger partial charge on any atom is -0.454 e. The zero-order valence-electron chi connectivity index (χ0n) is 8.48. The van der Waals surface area contributed by atoms with Crippen molar-refractivity contribution in [3.63, 3.8) is 0 Å². The van der Waals surface area contributed by atoms with Gasteiger partial charge >= 0.3 is 0 Å². The minimum absolute atomic E-state index is 0.159. The van der Waals surface area contributed by atoms with Crippen molar-refractivity contribution in [3.8, 4) is 11.5 Å². The molecule has 3 nitrogen and oxygen atoms in total. The fourth-order valence-corrected chi connectivity index (χ4v) is 1.27. The summed E-state index contributed by atoms with van der Waals surface area (Å²) in [4.78, 5) is 0. The molecule has 16 heavy (non-hydrogen) atoms. The van der Waals surface area contributed by atoms with E-state index in [0.29, 0.717) is 17.1 Å². The van der Waals surface area contributed by atoms with E-state index in [-0.39, 0.29) is 5.75 Å². The molecular formula is C12H11FN2O. The van der Waals surface area contributed by atoms with Gasteiger partial charge in [0, 0.05) is 6.07 Å². The third-order valence-electron chi connectivity index (χ3n) is 2.12. The maximum absolute atomic E-state index is 13.3. The molecule has 0 aliphatic rings. The van der Waals surface area contributed by atoms with Gasteiger partial charge in [-0.1, -0.05) is 12.1 Å². The molecule has 0 spiro atoms. The monoisotopic (exact) mass is 218 g/mol. The molecule has 0 bridgehead atoms. The summed E-state index contributed by atoms with van der Waals surface area (Å²) in [5.74, 6) is 0.196. The summed E-state index contributed by atoms with van der Waals surface area (Å²) in [5.41, 5.74) is 12.1. The maximum atomic E-state index is 13.3. The van der Waals surface area contributed by atoms with Crippen LogP contribution in [0.15, 0.2) is 42.5 Å². The Labute approximate surface area is 92.4 Å². The van der Waals surface area contributed by atoms with Crippen molar-refractivity contribution in [2.75, 3.05) is 11.5 Å². The molecule has 4 N–H and O–H groups in total. The van der Waals surface area contributed by atoms with Crippen molar-refractivity contribution in [1.29, 1.82) is 0 Å². The molecule has 4 heteroatoms. The predicted molar refractivity (Wildman–Crippen MR) is 61.7 cm³/mol. The van der Waals surface area contributed by atoms with Gasteiger partial charge in [-0.25, -0.2) is 4.39 Å². The highest BCUT2D eigenvalue weighted by atomic mass is 19.1. The van der Waals surface area contributed by atoms with Gasteiger partial charge in [0.2, 0.25) is 0 Å². The van der Waals surface area contributed by atoms with E-state index in [1.165, 1.54) is 6.07 Å². The molecule has 0 atom stereocenters. The number of hydrogen-bond acceptors (Lipinski definition) is 3. The van der Waals surface area contributed by atoms with Crippen LogP contribution in [0.25, 0.3) is 0 Å². The van der Waals surface area contributed by atoms with Gasteiger partial charge in [-0.3, -0.25) is 0 Å². The molecule has 0 aliphatic heterocycles. The minimum atomic E-state index is -0.419. The zero-order chi connectivity index (χ0) is 11.5. The average Bonchev–Trinajstić information content (AvgIpc) is 2.27. The molecule has 2 rings (SSSR count). The van der Waals surface area contributed by atoms with Crippen LogP contribution in [0.1, 0.15) is 0 Å². The first-order valence-corrected chi connectivity index (χ1v) is 4.74. The van der Waals surface area contributed by atoms with Gasteiger partial charge in [-0.15, -0.1) is 0 Å². The smallest absolute Gasteiger partial charge is 0.165 e. The van der Waals surface area contributed by atoms with Crippen LogP contribution in [0.4, 0.5) is 15.8 Å². The van der Waals surface area contributed by atoms with E-state index in [1.54, 1.807) is 36.4 Å². The fraction of sp³-hybridized carbons (Fsp3) is 0. The Bertz CT molecular complexity index is 514. The average molecular weight is 218 g/mol. The van der Waals surface area contributed by atoms with Gasteiger partial charge in [-0.2, -0.15) is 0 Å². The molecule has 0 unspecified atom stereocenters.